The molecule has 6 heteroatoms. The lowest BCUT2D eigenvalue weighted by Gasteiger charge is -2.25. The van der Waals surface area contributed by atoms with E-state index in [1.54, 1.807) is 0 Å². The van der Waals surface area contributed by atoms with Gasteiger partial charge >= 0.3 is 0 Å². The molecule has 2 aromatic rings. The van der Waals surface area contributed by atoms with Crippen molar-refractivity contribution in [3.05, 3.63) is 24.3 Å². The Bertz CT molecular complexity index is 568. The third-order valence-electron chi connectivity index (χ3n) is 3.49. The summed E-state index contributed by atoms with van der Waals surface area (Å²) in [7, 11) is 2.03. The smallest absolute Gasteiger partial charge is 0.172 e. The van der Waals surface area contributed by atoms with E-state index in [0.717, 1.165) is 36.4 Å². The van der Waals surface area contributed by atoms with Crippen molar-refractivity contribution in [1.29, 1.82) is 0 Å². The number of nitrogens with zero attached hydrogens (tertiary/aromatic N) is 3. The molecule has 1 aromatic carbocycles. The van der Waals surface area contributed by atoms with Gasteiger partial charge in [-0.05, 0) is 25.1 Å². The molecule has 19 heavy (non-hydrogen) atoms. The van der Waals surface area contributed by atoms with Gasteiger partial charge in [-0.15, -0.1) is 12.4 Å². The van der Waals surface area contributed by atoms with Gasteiger partial charge in [0, 0.05) is 19.6 Å². The number of halogens is 1. The molecule has 0 unspecified atom stereocenters. The molecule has 102 valence electrons. The third kappa shape index (κ3) is 2.57. The highest BCUT2D eigenvalue weighted by Gasteiger charge is 2.22. The van der Waals surface area contributed by atoms with E-state index in [4.69, 9.17) is 5.73 Å². The summed E-state index contributed by atoms with van der Waals surface area (Å²) in [5.74, 6) is 1.28. The summed E-state index contributed by atoms with van der Waals surface area (Å²) < 4.78 is 0. The minimum absolute atomic E-state index is 0. The predicted molar refractivity (Wildman–Crippen MR) is 80.9 cm³/mol. The standard InChI is InChI=1S/C13H17N5.ClH/c1-18(9-6-7-15-8-9)13-12(14)16-10-4-2-3-5-11(10)17-13;/h2-5,9,15H,6-8H2,1H3,(H2,14,16);1H/t9-;/m0./s1. The number of likely N-dealkylation sites (N-methyl/N-ethyl adjacent to an activating group) is 1. The third-order valence-corrected chi connectivity index (χ3v) is 3.49. The van der Waals surface area contributed by atoms with Crippen molar-refractivity contribution in [2.24, 2.45) is 0 Å². The van der Waals surface area contributed by atoms with E-state index in [1.807, 2.05) is 31.3 Å². The van der Waals surface area contributed by atoms with Crippen molar-refractivity contribution in [1.82, 2.24) is 15.3 Å². The van der Waals surface area contributed by atoms with Crippen LogP contribution in [-0.2, 0) is 0 Å². The van der Waals surface area contributed by atoms with Gasteiger partial charge < -0.3 is 16.0 Å². The lowest BCUT2D eigenvalue weighted by molar-refractivity contribution is 0.679. The maximum absolute atomic E-state index is 6.02. The summed E-state index contributed by atoms with van der Waals surface area (Å²) in [6.07, 6.45) is 1.12. The Morgan fingerprint density at radius 1 is 1.26 bits per heavy atom. The average molecular weight is 280 g/mol. The normalized spacial score (nSPS) is 18.3. The highest BCUT2D eigenvalue weighted by Crippen LogP contribution is 2.24. The van der Waals surface area contributed by atoms with Gasteiger partial charge in [-0.1, -0.05) is 12.1 Å². The molecule has 0 radical (unpaired) electrons. The van der Waals surface area contributed by atoms with Crippen LogP contribution in [0.5, 0.6) is 0 Å². The molecule has 1 aliphatic rings. The van der Waals surface area contributed by atoms with Crippen molar-refractivity contribution in [3.8, 4) is 0 Å². The molecule has 1 fully saturated rings. The molecular formula is C13H18ClN5. The van der Waals surface area contributed by atoms with Crippen LogP contribution in [0.3, 0.4) is 0 Å². The summed E-state index contributed by atoms with van der Waals surface area (Å²) in [5.41, 5.74) is 7.75. The van der Waals surface area contributed by atoms with E-state index in [2.05, 4.69) is 20.2 Å². The van der Waals surface area contributed by atoms with E-state index in [1.165, 1.54) is 0 Å². The van der Waals surface area contributed by atoms with Crippen LogP contribution in [0.15, 0.2) is 24.3 Å². The van der Waals surface area contributed by atoms with Crippen LogP contribution >= 0.6 is 12.4 Å². The number of hydrogen-bond acceptors (Lipinski definition) is 5. The molecule has 3 N–H and O–H groups in total. The van der Waals surface area contributed by atoms with Gasteiger partial charge in [0.15, 0.2) is 11.6 Å². The molecule has 5 nitrogen and oxygen atoms in total. The van der Waals surface area contributed by atoms with Crippen molar-refractivity contribution in [3.63, 3.8) is 0 Å². The van der Waals surface area contributed by atoms with Crippen LogP contribution in [-0.4, -0.2) is 36.1 Å². The fraction of sp³-hybridized carbons (Fsp3) is 0.385. The van der Waals surface area contributed by atoms with Gasteiger partial charge in [0.25, 0.3) is 0 Å². The second kappa shape index (κ2) is 5.59. The molecule has 0 bridgehead atoms. The first-order valence-electron chi connectivity index (χ1n) is 6.21. The van der Waals surface area contributed by atoms with Gasteiger partial charge in [0.05, 0.1) is 11.0 Å². The summed E-state index contributed by atoms with van der Waals surface area (Å²) in [4.78, 5) is 11.2. The zero-order valence-corrected chi connectivity index (χ0v) is 11.7. The number of nitrogens with two attached hydrogens (primary N) is 1. The van der Waals surface area contributed by atoms with Crippen LogP contribution in [0, 0.1) is 0 Å². The van der Waals surface area contributed by atoms with Crippen molar-refractivity contribution >= 4 is 35.1 Å². The van der Waals surface area contributed by atoms with Crippen molar-refractivity contribution in [2.45, 2.75) is 12.5 Å². The van der Waals surface area contributed by atoms with E-state index in [0.29, 0.717) is 11.9 Å². The number of para-hydroxylation sites is 2. The zero-order valence-electron chi connectivity index (χ0n) is 10.8. The SMILES string of the molecule is CN(c1nc2ccccc2nc1N)[C@H]1CCNC1.Cl. The van der Waals surface area contributed by atoms with Crippen molar-refractivity contribution in [2.75, 3.05) is 30.8 Å². The Hall–Kier alpha value is -1.59. The van der Waals surface area contributed by atoms with Gasteiger partial charge in [0.2, 0.25) is 0 Å². The topological polar surface area (TPSA) is 67.1 Å². The Morgan fingerprint density at radius 3 is 2.58 bits per heavy atom. The fourth-order valence-corrected chi connectivity index (χ4v) is 2.41. The molecule has 0 aliphatic carbocycles. The molecule has 1 saturated heterocycles. The molecule has 0 spiro atoms. The van der Waals surface area contributed by atoms with Crippen LogP contribution in [0.2, 0.25) is 0 Å². The number of nitrogen functional groups attached to an aromatic ring is 1. The van der Waals surface area contributed by atoms with E-state index in [-0.39, 0.29) is 12.4 Å². The molecule has 2 heterocycles. The lowest BCUT2D eigenvalue weighted by atomic mass is 10.2. The quantitative estimate of drug-likeness (QED) is 0.871. The second-order valence-corrected chi connectivity index (χ2v) is 4.68. The van der Waals surface area contributed by atoms with Gasteiger partial charge in [-0.2, -0.15) is 0 Å². The van der Waals surface area contributed by atoms with E-state index < -0.39 is 0 Å². The van der Waals surface area contributed by atoms with Gasteiger partial charge in [0.1, 0.15) is 0 Å². The van der Waals surface area contributed by atoms with Gasteiger partial charge in [-0.3, -0.25) is 0 Å². The fourth-order valence-electron chi connectivity index (χ4n) is 2.41. The number of nitrogens with one attached hydrogen (secondary N) is 1. The number of anilines is 2. The van der Waals surface area contributed by atoms with E-state index in [9.17, 15) is 0 Å². The molecule has 1 aliphatic heterocycles. The van der Waals surface area contributed by atoms with Crippen LogP contribution in [0.1, 0.15) is 6.42 Å². The summed E-state index contributed by atoms with van der Waals surface area (Å²) in [6.45, 7) is 2.03. The minimum Gasteiger partial charge on any atom is -0.381 e. The van der Waals surface area contributed by atoms with Gasteiger partial charge in [-0.25, -0.2) is 9.97 Å². The molecule has 0 amide bonds. The number of fused-ring (bicyclic) bond motifs is 1. The lowest BCUT2D eigenvalue weighted by Crippen LogP contribution is -2.34. The second-order valence-electron chi connectivity index (χ2n) is 4.68. The summed E-state index contributed by atoms with van der Waals surface area (Å²) >= 11 is 0. The number of rotatable bonds is 2. The summed E-state index contributed by atoms with van der Waals surface area (Å²) in [6, 6.07) is 8.25. The number of aromatic nitrogens is 2. The minimum atomic E-state index is 0. The van der Waals surface area contributed by atoms with Crippen LogP contribution in [0.4, 0.5) is 11.6 Å². The molecule has 0 saturated carbocycles. The highest BCUT2D eigenvalue weighted by atomic mass is 35.5. The highest BCUT2D eigenvalue weighted by molar-refractivity contribution is 5.85. The van der Waals surface area contributed by atoms with Crippen LogP contribution < -0.4 is 16.0 Å². The predicted octanol–water partition coefficient (Wildman–Crippen LogP) is 1.43. The number of hydrogen-bond donors (Lipinski definition) is 2. The monoisotopic (exact) mass is 279 g/mol. The zero-order chi connectivity index (χ0) is 12.5. The van der Waals surface area contributed by atoms with Crippen molar-refractivity contribution < 1.29 is 0 Å². The molecular weight excluding hydrogens is 262 g/mol. The van der Waals surface area contributed by atoms with Crippen LogP contribution in [0.25, 0.3) is 11.0 Å². The first-order valence-corrected chi connectivity index (χ1v) is 6.21. The average Bonchev–Trinajstić information content (AvgIpc) is 2.91. The maximum Gasteiger partial charge on any atom is 0.172 e. The Balaban J connectivity index is 0.00000133. The Labute approximate surface area is 118 Å². The maximum atomic E-state index is 6.02. The summed E-state index contributed by atoms with van der Waals surface area (Å²) in [5, 5.41) is 3.35. The first kappa shape index (κ1) is 13.8. The first-order chi connectivity index (χ1) is 8.75. The Morgan fingerprint density at radius 2 is 1.95 bits per heavy atom. The molecule has 1 atom stereocenters. The van der Waals surface area contributed by atoms with E-state index >= 15 is 0 Å². The largest absolute Gasteiger partial charge is 0.381 e. The number of benzene rings is 1. The Kier molecular flexibility index (Phi) is 4.07. The molecule has 3 rings (SSSR count). The molecule has 1 aromatic heterocycles.